The Morgan fingerprint density at radius 2 is 1.92 bits per heavy atom. The Bertz CT molecular complexity index is 775. The molecule has 0 unspecified atom stereocenters. The largest absolute Gasteiger partial charge is 0.465 e. The minimum Gasteiger partial charge on any atom is -0.465 e. The van der Waals surface area contributed by atoms with Gasteiger partial charge in [0.05, 0.1) is 16.9 Å². The fourth-order valence-electron chi connectivity index (χ4n) is 3.16. The van der Waals surface area contributed by atoms with Gasteiger partial charge in [0.2, 0.25) is 0 Å². The van der Waals surface area contributed by atoms with Crippen LogP contribution in [0.15, 0.2) is 63.0 Å². The van der Waals surface area contributed by atoms with Gasteiger partial charge in [0.25, 0.3) is 5.91 Å². The van der Waals surface area contributed by atoms with Crippen LogP contribution in [0, 0.1) is 0 Å². The number of thioether (sulfide) groups is 1. The first kappa shape index (κ1) is 15.3. The molecule has 0 atom stereocenters. The minimum atomic E-state index is 0.0398. The van der Waals surface area contributed by atoms with Crippen molar-refractivity contribution >= 4 is 34.6 Å². The number of hydrogen-bond acceptors (Lipinski definition) is 4. The molecule has 1 saturated heterocycles. The second kappa shape index (κ2) is 6.69. The molecule has 5 heteroatoms. The molecule has 2 aromatic rings. The number of hydrogen-bond donors (Lipinski definition) is 0. The van der Waals surface area contributed by atoms with Gasteiger partial charge in [0, 0.05) is 12.1 Å². The predicted octanol–water partition coefficient (Wildman–Crippen LogP) is 4.83. The number of amidine groups is 1. The minimum absolute atomic E-state index is 0.0398. The van der Waals surface area contributed by atoms with Crippen LogP contribution in [0.5, 0.6) is 0 Å². The Balaban J connectivity index is 1.70. The molecule has 24 heavy (non-hydrogen) atoms. The summed E-state index contributed by atoms with van der Waals surface area (Å²) in [5, 5.41) is 0.774. The van der Waals surface area contributed by atoms with Crippen molar-refractivity contribution in [2.45, 2.75) is 31.7 Å². The van der Waals surface area contributed by atoms with Crippen LogP contribution in [-0.4, -0.2) is 22.0 Å². The van der Waals surface area contributed by atoms with E-state index in [1.54, 1.807) is 6.26 Å². The molecule has 1 aromatic heterocycles. The summed E-state index contributed by atoms with van der Waals surface area (Å²) in [6, 6.07) is 13.7. The van der Waals surface area contributed by atoms with Crippen molar-refractivity contribution in [1.29, 1.82) is 0 Å². The van der Waals surface area contributed by atoms with E-state index < -0.39 is 0 Å². The number of aliphatic imine (C=N–C) groups is 1. The quantitative estimate of drug-likeness (QED) is 0.753. The molecule has 1 aromatic carbocycles. The van der Waals surface area contributed by atoms with Gasteiger partial charge in [-0.3, -0.25) is 9.69 Å². The fourth-order valence-corrected chi connectivity index (χ4v) is 4.20. The SMILES string of the molecule is O=C1/C(=C\c2ccco2)SC(=Nc2ccccc2)N1C1CCCC1. The third-order valence-corrected chi connectivity index (χ3v) is 5.31. The fraction of sp³-hybridized carbons (Fsp3) is 0.263. The molecular weight excluding hydrogens is 320 g/mol. The number of carbonyl (C=O) groups is 1. The molecule has 2 aliphatic rings. The number of carbonyl (C=O) groups excluding carboxylic acids is 1. The first-order chi connectivity index (χ1) is 11.8. The van der Waals surface area contributed by atoms with Gasteiger partial charge in [0.15, 0.2) is 5.17 Å². The average molecular weight is 338 g/mol. The molecule has 2 heterocycles. The summed E-state index contributed by atoms with van der Waals surface area (Å²) in [5.74, 6) is 0.733. The topological polar surface area (TPSA) is 45.8 Å². The second-order valence-electron chi connectivity index (χ2n) is 5.97. The number of para-hydroxylation sites is 1. The highest BCUT2D eigenvalue weighted by Gasteiger charge is 2.39. The van der Waals surface area contributed by atoms with Gasteiger partial charge in [0.1, 0.15) is 5.76 Å². The molecule has 2 fully saturated rings. The summed E-state index contributed by atoms with van der Waals surface area (Å²) < 4.78 is 5.36. The van der Waals surface area contributed by atoms with E-state index in [0.29, 0.717) is 10.7 Å². The van der Waals surface area contributed by atoms with E-state index in [1.807, 2.05) is 53.4 Å². The van der Waals surface area contributed by atoms with Crippen molar-refractivity contribution in [3.05, 3.63) is 59.4 Å². The third-order valence-electron chi connectivity index (χ3n) is 4.32. The summed E-state index contributed by atoms with van der Waals surface area (Å²) in [4.78, 5) is 20.2. The molecule has 4 rings (SSSR count). The first-order valence-corrected chi connectivity index (χ1v) is 9.03. The molecule has 0 bridgehead atoms. The lowest BCUT2D eigenvalue weighted by Gasteiger charge is -2.22. The van der Waals surface area contributed by atoms with E-state index in [9.17, 15) is 4.79 Å². The predicted molar refractivity (Wildman–Crippen MR) is 96.9 cm³/mol. The van der Waals surface area contributed by atoms with Crippen molar-refractivity contribution in [2.24, 2.45) is 4.99 Å². The Morgan fingerprint density at radius 3 is 2.62 bits per heavy atom. The lowest BCUT2D eigenvalue weighted by atomic mass is 10.2. The Morgan fingerprint density at radius 1 is 1.12 bits per heavy atom. The zero-order valence-corrected chi connectivity index (χ0v) is 14.0. The highest BCUT2D eigenvalue weighted by Crippen LogP contribution is 2.38. The Labute approximate surface area is 145 Å². The number of benzene rings is 1. The lowest BCUT2D eigenvalue weighted by Crippen LogP contribution is -2.37. The van der Waals surface area contributed by atoms with Gasteiger partial charge in [-0.05, 0) is 48.9 Å². The van der Waals surface area contributed by atoms with Gasteiger partial charge >= 0.3 is 0 Å². The monoisotopic (exact) mass is 338 g/mol. The maximum atomic E-state index is 12.9. The molecule has 0 N–H and O–H groups in total. The van der Waals surface area contributed by atoms with Crippen molar-refractivity contribution in [1.82, 2.24) is 4.90 Å². The second-order valence-corrected chi connectivity index (χ2v) is 6.98. The third kappa shape index (κ3) is 3.04. The van der Waals surface area contributed by atoms with Crippen LogP contribution in [0.4, 0.5) is 5.69 Å². The van der Waals surface area contributed by atoms with Crippen molar-refractivity contribution in [2.75, 3.05) is 0 Å². The normalized spacial score (nSPS) is 22.2. The summed E-state index contributed by atoms with van der Waals surface area (Å²) >= 11 is 1.43. The molecule has 4 nitrogen and oxygen atoms in total. The zero-order chi connectivity index (χ0) is 16.4. The molecule has 1 aliphatic carbocycles. The molecule has 1 amide bonds. The standard InChI is InChI=1S/C19H18N2O2S/c22-18-17(13-16-11-6-12-23-16)24-19(20-14-7-2-1-3-8-14)21(18)15-9-4-5-10-15/h1-3,6-8,11-13,15H,4-5,9-10H2/b17-13+,20-19?. The highest BCUT2D eigenvalue weighted by molar-refractivity contribution is 8.18. The summed E-state index contributed by atoms with van der Waals surface area (Å²) in [6.07, 6.45) is 7.87. The highest BCUT2D eigenvalue weighted by atomic mass is 32.2. The number of amides is 1. The van der Waals surface area contributed by atoms with Crippen LogP contribution in [0.3, 0.4) is 0 Å². The molecule has 1 saturated carbocycles. The molecule has 1 aliphatic heterocycles. The van der Waals surface area contributed by atoms with Gasteiger partial charge in [-0.1, -0.05) is 31.0 Å². The number of nitrogens with zero attached hydrogens (tertiary/aromatic N) is 2. The van der Waals surface area contributed by atoms with Gasteiger partial charge in [-0.2, -0.15) is 0 Å². The van der Waals surface area contributed by atoms with Crippen LogP contribution in [0.2, 0.25) is 0 Å². The zero-order valence-electron chi connectivity index (χ0n) is 13.2. The molecule has 0 radical (unpaired) electrons. The Kier molecular flexibility index (Phi) is 4.26. The molecule has 122 valence electrons. The Hall–Kier alpha value is -2.27. The van der Waals surface area contributed by atoms with Crippen LogP contribution in [-0.2, 0) is 4.79 Å². The van der Waals surface area contributed by atoms with Crippen LogP contribution < -0.4 is 0 Å². The van der Waals surface area contributed by atoms with Gasteiger partial charge < -0.3 is 4.42 Å². The van der Waals surface area contributed by atoms with Gasteiger partial charge in [-0.15, -0.1) is 0 Å². The van der Waals surface area contributed by atoms with E-state index in [-0.39, 0.29) is 11.9 Å². The van der Waals surface area contributed by atoms with E-state index in [4.69, 9.17) is 9.41 Å². The van der Waals surface area contributed by atoms with Crippen molar-refractivity contribution < 1.29 is 9.21 Å². The smallest absolute Gasteiger partial charge is 0.267 e. The van der Waals surface area contributed by atoms with Crippen molar-refractivity contribution in [3.8, 4) is 0 Å². The van der Waals surface area contributed by atoms with E-state index in [1.165, 1.54) is 24.6 Å². The summed E-state index contributed by atoms with van der Waals surface area (Å²) in [7, 11) is 0. The van der Waals surface area contributed by atoms with Crippen LogP contribution >= 0.6 is 11.8 Å². The van der Waals surface area contributed by atoms with E-state index in [0.717, 1.165) is 23.7 Å². The first-order valence-electron chi connectivity index (χ1n) is 8.21. The van der Waals surface area contributed by atoms with E-state index in [2.05, 4.69) is 0 Å². The number of furan rings is 1. The van der Waals surface area contributed by atoms with E-state index >= 15 is 0 Å². The van der Waals surface area contributed by atoms with Gasteiger partial charge in [-0.25, -0.2) is 4.99 Å². The maximum Gasteiger partial charge on any atom is 0.267 e. The van der Waals surface area contributed by atoms with Crippen molar-refractivity contribution in [3.63, 3.8) is 0 Å². The van der Waals surface area contributed by atoms with Crippen LogP contribution in [0.25, 0.3) is 6.08 Å². The summed E-state index contributed by atoms with van der Waals surface area (Å²) in [6.45, 7) is 0. The molecular formula is C19H18N2O2S. The lowest BCUT2D eigenvalue weighted by molar-refractivity contribution is -0.123. The summed E-state index contributed by atoms with van der Waals surface area (Å²) in [5.41, 5.74) is 0.870. The average Bonchev–Trinajstić information content (AvgIpc) is 3.32. The molecule has 0 spiro atoms. The maximum absolute atomic E-state index is 12.9. The number of rotatable bonds is 3. The van der Waals surface area contributed by atoms with Crippen LogP contribution in [0.1, 0.15) is 31.4 Å².